The lowest BCUT2D eigenvalue weighted by Crippen LogP contribution is -2.42. The van der Waals surface area contributed by atoms with Gasteiger partial charge in [-0.2, -0.15) is 0 Å². The maximum absolute atomic E-state index is 12.2. The summed E-state index contributed by atoms with van der Waals surface area (Å²) in [7, 11) is -23.6. The highest BCUT2D eigenvalue weighted by molar-refractivity contribution is 8.12. The fourth-order valence-corrected chi connectivity index (χ4v) is 12.2. The van der Waals surface area contributed by atoms with Crippen LogP contribution in [0.5, 0.6) is 0 Å². The smallest absolute Gasteiger partial charge is 0.140 e. The molecule has 1 aromatic rings. The number of sulfonamides is 6. The maximum Gasteiger partial charge on any atom is 0.140 e. The topological polar surface area (TPSA) is 264 Å². The van der Waals surface area contributed by atoms with Crippen LogP contribution in [0.3, 0.4) is 0 Å². The van der Waals surface area contributed by atoms with Crippen LogP contribution in [0, 0.1) is 23.7 Å². The van der Waals surface area contributed by atoms with Crippen molar-refractivity contribution in [3.05, 3.63) is 42.2 Å². The van der Waals surface area contributed by atoms with Crippen LogP contribution in [0.15, 0.2) is 29.2 Å². The Labute approximate surface area is 254 Å². The van der Waals surface area contributed by atoms with Gasteiger partial charge in [-0.05, 0) is 43.2 Å². The molecule has 3 rings (SSSR count). The summed E-state index contributed by atoms with van der Waals surface area (Å²) in [5.74, 6) is -0.371. The molecule has 1 aromatic carbocycles. The lowest BCUT2D eigenvalue weighted by molar-refractivity contribution is -0.128. The Morgan fingerprint density at radius 1 is 0.698 bits per heavy atom. The van der Waals surface area contributed by atoms with E-state index in [4.69, 9.17) is 0 Å². The predicted octanol–water partition coefficient (Wildman–Crippen LogP) is 1.34. The van der Waals surface area contributed by atoms with Gasteiger partial charge in [0.2, 0.25) is 0 Å². The average Bonchev–Trinajstić information content (AvgIpc) is 3.02. The molecule has 43 heavy (non-hydrogen) atoms. The first-order valence-electron chi connectivity index (χ1n) is 11.9. The van der Waals surface area contributed by atoms with Gasteiger partial charge in [-0.3, -0.25) is 4.79 Å². The Morgan fingerprint density at radius 3 is 1.42 bits per heavy atom. The van der Waals surface area contributed by atoms with Crippen LogP contribution < -0.4 is 0 Å². The predicted molar refractivity (Wildman–Crippen MR) is 160 cm³/mol. The summed E-state index contributed by atoms with van der Waals surface area (Å²) in [6.45, 7) is 5.58. The first-order chi connectivity index (χ1) is 18.8. The second-order valence-electron chi connectivity index (χ2n) is 10.8. The van der Waals surface area contributed by atoms with E-state index in [9.17, 15) is 55.3 Å². The van der Waals surface area contributed by atoms with Crippen molar-refractivity contribution in [1.82, 2.24) is 0 Å². The molecule has 0 aromatic heterocycles. The minimum Gasteiger partial charge on any atom is -0.437 e. The number of fused-ring (bicyclic) bond motifs is 2. The molecule has 2 atom stereocenters. The number of carbonyl (C=O) groups is 1. The van der Waals surface area contributed by atoms with Crippen LogP contribution in [0.25, 0.3) is 12.4 Å². The van der Waals surface area contributed by atoms with E-state index in [1.807, 2.05) is 13.8 Å². The summed E-state index contributed by atoms with van der Waals surface area (Å²) in [6, 6.07) is 5.79. The Balaban J connectivity index is 0.000000345. The van der Waals surface area contributed by atoms with E-state index >= 15 is 0 Å². The number of carbonyl (C=O) groups excluding carboxylic acids is 1. The molecule has 22 heteroatoms. The molecule has 250 valence electrons. The number of rotatable bonds is 9. The highest BCUT2D eigenvalue weighted by Crippen LogP contribution is 2.64. The van der Waals surface area contributed by atoms with Crippen LogP contribution in [-0.4, -0.2) is 87.1 Å². The molecule has 0 amide bonds. The Morgan fingerprint density at radius 2 is 1.12 bits per heavy atom. The van der Waals surface area contributed by atoms with E-state index in [1.54, 1.807) is 19.1 Å². The molecule has 2 aliphatic rings. The standard InChI is InChI=1S/C11H18NO5S2.C8H10NO4S2.C2H6NO4S2/c1-10(2)8-4-5-11(10,9(13)6-8)7-19(16,17)12-18(3,14)15;1-7-3-5-8(6-4-7)15(12,13)9-14(2,10)11;1-8(4,5)3-9(2,6)7/h8H,4-7H2,1-3H3;3-6H,1-2H3;1-2H3/q3*-1. The van der Waals surface area contributed by atoms with Gasteiger partial charge in [0.15, 0.2) is 0 Å². The third kappa shape index (κ3) is 12.4. The van der Waals surface area contributed by atoms with Crippen molar-refractivity contribution in [2.24, 2.45) is 16.7 Å². The third-order valence-corrected chi connectivity index (χ3v) is 14.4. The van der Waals surface area contributed by atoms with Gasteiger partial charge in [0.25, 0.3) is 0 Å². The number of aryl methyl sites for hydroxylation is 1. The summed E-state index contributed by atoms with van der Waals surface area (Å²) in [6.07, 6.45) is 4.61. The van der Waals surface area contributed by atoms with Gasteiger partial charge in [0.05, 0.1) is 50.1 Å². The highest BCUT2D eigenvalue weighted by atomic mass is 32.3. The normalized spacial score (nSPS) is 22.2. The summed E-state index contributed by atoms with van der Waals surface area (Å²) in [4.78, 5) is 12.0. The van der Waals surface area contributed by atoms with Crippen molar-refractivity contribution in [1.29, 1.82) is 0 Å². The fourth-order valence-electron chi connectivity index (χ4n) is 4.83. The minimum atomic E-state index is -4.15. The molecule has 16 nitrogen and oxygen atoms in total. The largest absolute Gasteiger partial charge is 0.437 e. The molecular formula is C21H34N3O13S6-3. The van der Waals surface area contributed by atoms with E-state index < -0.39 is 76.7 Å². The van der Waals surface area contributed by atoms with Crippen molar-refractivity contribution in [3.63, 3.8) is 0 Å². The van der Waals surface area contributed by atoms with Gasteiger partial charge in [-0.15, -0.1) is 0 Å². The van der Waals surface area contributed by atoms with Crippen molar-refractivity contribution < 1.29 is 55.3 Å². The molecule has 0 saturated heterocycles. The van der Waals surface area contributed by atoms with Crippen LogP contribution in [0.2, 0.25) is 0 Å². The number of ketones is 1. The van der Waals surface area contributed by atoms with E-state index in [2.05, 4.69) is 12.4 Å². The summed E-state index contributed by atoms with van der Waals surface area (Å²) >= 11 is 0. The van der Waals surface area contributed by atoms with Crippen molar-refractivity contribution in [3.8, 4) is 0 Å². The lowest BCUT2D eigenvalue weighted by Gasteiger charge is -2.38. The van der Waals surface area contributed by atoms with Gasteiger partial charge < -0.3 is 12.4 Å². The number of Topliss-reactive ketones (excluding diaryl/α,β-unsaturated/α-hetero) is 1. The second-order valence-corrected chi connectivity index (χ2v) is 21.4. The van der Waals surface area contributed by atoms with Crippen molar-refractivity contribution in [2.75, 3.05) is 30.8 Å². The van der Waals surface area contributed by atoms with E-state index in [0.29, 0.717) is 25.4 Å². The molecular weight excluding hydrogens is 695 g/mol. The number of benzene rings is 1. The molecule has 0 spiro atoms. The zero-order valence-electron chi connectivity index (χ0n) is 24.3. The zero-order valence-corrected chi connectivity index (χ0v) is 29.2. The summed E-state index contributed by atoms with van der Waals surface area (Å²) in [5, 5.41) is 0. The SMILES string of the molecule is CC1(C)C2CCC1(CS(=O)(=O)[N-]S(C)(=O)=O)C(=O)C2.CS(=O)(=O)[N-]S(C)(=O)=O.Cc1ccc(S(=O)(=O)[N-]S(C)(=O)=O)cc1. The molecule has 0 N–H and O–H groups in total. The Kier molecular flexibility index (Phi) is 12.0. The lowest BCUT2D eigenvalue weighted by atomic mass is 9.70. The average molecular weight is 729 g/mol. The summed E-state index contributed by atoms with van der Waals surface area (Å²) < 4.78 is 139. The number of hydrogen-bond donors (Lipinski definition) is 0. The molecule has 2 saturated carbocycles. The van der Waals surface area contributed by atoms with E-state index in [0.717, 1.165) is 24.5 Å². The minimum absolute atomic E-state index is 0.0685. The maximum atomic E-state index is 12.2. The van der Waals surface area contributed by atoms with Gasteiger partial charge in [-0.25, -0.2) is 50.5 Å². The van der Waals surface area contributed by atoms with E-state index in [-0.39, 0.29) is 16.6 Å². The monoisotopic (exact) mass is 728 g/mol. The van der Waals surface area contributed by atoms with E-state index in [1.165, 1.54) is 12.1 Å². The van der Waals surface area contributed by atoms with Crippen LogP contribution in [0.1, 0.15) is 38.7 Å². The Bertz CT molecular complexity index is 1840. The van der Waals surface area contributed by atoms with Gasteiger partial charge >= 0.3 is 0 Å². The summed E-state index contributed by atoms with van der Waals surface area (Å²) in [5.41, 5.74) is -0.497. The Hall–Kier alpha value is -1.53. The first kappa shape index (κ1) is 39.5. The quantitative estimate of drug-likeness (QED) is 0.348. The number of hydrogen-bond acceptors (Lipinski definition) is 13. The molecule has 2 bridgehead atoms. The second kappa shape index (κ2) is 13.1. The third-order valence-electron chi connectivity index (χ3n) is 6.64. The molecule has 2 fully saturated rings. The molecule has 0 aliphatic heterocycles. The highest BCUT2D eigenvalue weighted by Gasteiger charge is 2.64. The van der Waals surface area contributed by atoms with Crippen LogP contribution >= 0.6 is 0 Å². The van der Waals surface area contributed by atoms with Gasteiger partial charge in [-0.1, -0.05) is 31.5 Å². The van der Waals surface area contributed by atoms with Gasteiger partial charge in [0, 0.05) is 47.5 Å². The van der Waals surface area contributed by atoms with Gasteiger partial charge in [0.1, 0.15) is 15.8 Å². The van der Waals surface area contributed by atoms with Crippen molar-refractivity contribution in [2.45, 2.75) is 44.9 Å². The molecule has 0 radical (unpaired) electrons. The molecule has 2 unspecified atom stereocenters. The zero-order chi connectivity index (χ0) is 34.1. The molecule has 2 aliphatic carbocycles. The number of nitrogens with zero attached hydrogens (tertiary/aromatic N) is 3. The van der Waals surface area contributed by atoms with Crippen LogP contribution in [0.4, 0.5) is 0 Å². The molecule has 0 heterocycles. The fraction of sp³-hybridized carbons (Fsp3) is 0.667. The van der Waals surface area contributed by atoms with Crippen LogP contribution in [-0.2, 0) is 64.9 Å². The van der Waals surface area contributed by atoms with Crippen molar-refractivity contribution >= 4 is 65.9 Å². The first-order valence-corrected chi connectivity index (χ1v) is 22.4.